The van der Waals surface area contributed by atoms with Gasteiger partial charge < -0.3 is 5.73 Å². The lowest BCUT2D eigenvalue weighted by Crippen LogP contribution is -2.08. The second-order valence-corrected chi connectivity index (χ2v) is 4.43. The van der Waals surface area contributed by atoms with Gasteiger partial charge in [0.05, 0.1) is 11.7 Å². The Morgan fingerprint density at radius 1 is 1.60 bits per heavy atom. The van der Waals surface area contributed by atoms with Crippen LogP contribution in [0.15, 0.2) is 12.3 Å². The van der Waals surface area contributed by atoms with Crippen LogP contribution >= 0.6 is 11.8 Å². The van der Waals surface area contributed by atoms with E-state index in [4.69, 9.17) is 11.1 Å². The van der Waals surface area contributed by atoms with Gasteiger partial charge in [0.25, 0.3) is 0 Å². The minimum Gasteiger partial charge on any atom is -0.379 e. The fraction of sp³-hybridized carbons (Fsp3) is 0.600. The molecule has 0 spiro atoms. The lowest BCUT2D eigenvalue weighted by molar-refractivity contribution is 0.426. The molecule has 0 bridgehead atoms. The van der Waals surface area contributed by atoms with Crippen molar-refractivity contribution in [3.05, 3.63) is 18.0 Å². The summed E-state index contributed by atoms with van der Waals surface area (Å²) in [6, 6.07) is 2.48. The maximum absolute atomic E-state index is 7.11. The number of rotatable bonds is 5. The van der Waals surface area contributed by atoms with Crippen molar-refractivity contribution < 1.29 is 0 Å². The summed E-state index contributed by atoms with van der Waals surface area (Å²) in [6.07, 6.45) is 4.20. The molecule has 0 saturated carbocycles. The van der Waals surface area contributed by atoms with E-state index in [1.54, 1.807) is 0 Å². The van der Waals surface area contributed by atoms with Crippen molar-refractivity contribution in [2.24, 2.45) is 5.73 Å². The highest BCUT2D eigenvalue weighted by atomic mass is 32.2. The van der Waals surface area contributed by atoms with E-state index in [0.717, 1.165) is 18.5 Å². The van der Waals surface area contributed by atoms with Gasteiger partial charge in [-0.2, -0.15) is 5.10 Å². The topological polar surface area (TPSA) is 67.7 Å². The predicted octanol–water partition coefficient (Wildman–Crippen LogP) is 2.37. The number of thioether (sulfide) groups is 1. The third kappa shape index (κ3) is 3.58. The molecule has 0 atom stereocenters. The maximum atomic E-state index is 7.11. The lowest BCUT2D eigenvalue weighted by atomic mass is 10.2. The van der Waals surface area contributed by atoms with Crippen LogP contribution in [0.1, 0.15) is 38.4 Å². The fourth-order valence-corrected chi connectivity index (χ4v) is 1.93. The van der Waals surface area contributed by atoms with Crippen LogP contribution in [0.2, 0.25) is 0 Å². The van der Waals surface area contributed by atoms with E-state index in [1.165, 1.54) is 11.8 Å². The molecule has 1 aromatic heterocycles. The van der Waals surface area contributed by atoms with Gasteiger partial charge in [-0.15, -0.1) is 0 Å². The Labute approximate surface area is 94.7 Å². The second-order valence-electron chi connectivity index (χ2n) is 3.41. The normalized spacial score (nSPS) is 10.9. The zero-order valence-electron chi connectivity index (χ0n) is 9.23. The largest absolute Gasteiger partial charge is 0.379 e. The van der Waals surface area contributed by atoms with E-state index in [-0.39, 0.29) is 5.17 Å². The summed E-state index contributed by atoms with van der Waals surface area (Å²) in [7, 11) is 0. The predicted molar refractivity (Wildman–Crippen MR) is 65.1 cm³/mol. The van der Waals surface area contributed by atoms with Crippen LogP contribution in [0.25, 0.3) is 0 Å². The Bertz CT molecular complexity index is 317. The molecular weight excluding hydrogens is 208 g/mol. The maximum Gasteiger partial charge on any atom is 0.151 e. The van der Waals surface area contributed by atoms with Crippen molar-refractivity contribution in [3.63, 3.8) is 0 Å². The quantitative estimate of drug-likeness (QED) is 0.598. The summed E-state index contributed by atoms with van der Waals surface area (Å²) in [5, 5.41) is 11.7. The molecule has 0 aromatic carbocycles. The molecule has 15 heavy (non-hydrogen) atoms. The summed E-state index contributed by atoms with van der Waals surface area (Å²) in [5.74, 6) is 0.683. The minimum absolute atomic E-state index is 0.145. The zero-order chi connectivity index (χ0) is 11.3. The van der Waals surface area contributed by atoms with Crippen molar-refractivity contribution in [3.8, 4) is 0 Å². The third-order valence-electron chi connectivity index (χ3n) is 2.36. The molecule has 5 heteroatoms. The van der Waals surface area contributed by atoms with Crippen molar-refractivity contribution >= 4 is 16.9 Å². The first-order valence-electron chi connectivity index (χ1n) is 5.18. The Kier molecular flexibility index (Phi) is 4.68. The van der Waals surface area contributed by atoms with Crippen LogP contribution in [-0.4, -0.2) is 14.9 Å². The SMILES string of the molecule is CCC(CC)n1ccc(CSC(=N)N)n1. The van der Waals surface area contributed by atoms with Crippen LogP contribution in [0, 0.1) is 5.41 Å². The van der Waals surface area contributed by atoms with Gasteiger partial charge in [-0.3, -0.25) is 10.1 Å². The van der Waals surface area contributed by atoms with E-state index in [2.05, 4.69) is 18.9 Å². The van der Waals surface area contributed by atoms with Gasteiger partial charge in [0.1, 0.15) is 0 Å². The first-order chi connectivity index (χ1) is 7.17. The van der Waals surface area contributed by atoms with E-state index >= 15 is 0 Å². The van der Waals surface area contributed by atoms with Gasteiger partial charge in [-0.25, -0.2) is 0 Å². The Morgan fingerprint density at radius 3 is 2.80 bits per heavy atom. The van der Waals surface area contributed by atoms with E-state index in [0.29, 0.717) is 11.8 Å². The molecule has 0 fully saturated rings. The van der Waals surface area contributed by atoms with Gasteiger partial charge in [-0.05, 0) is 18.9 Å². The third-order valence-corrected chi connectivity index (χ3v) is 3.11. The highest BCUT2D eigenvalue weighted by Gasteiger charge is 2.07. The van der Waals surface area contributed by atoms with Crippen LogP contribution in [0.5, 0.6) is 0 Å². The number of nitrogens with zero attached hydrogens (tertiary/aromatic N) is 2. The summed E-state index contributed by atoms with van der Waals surface area (Å²) in [4.78, 5) is 0. The number of amidine groups is 1. The van der Waals surface area contributed by atoms with Crippen LogP contribution in [-0.2, 0) is 5.75 Å². The summed E-state index contributed by atoms with van der Waals surface area (Å²) in [6.45, 7) is 4.33. The Morgan fingerprint density at radius 2 is 2.27 bits per heavy atom. The molecule has 0 saturated heterocycles. The molecule has 0 aliphatic rings. The number of nitrogens with two attached hydrogens (primary N) is 1. The van der Waals surface area contributed by atoms with E-state index in [1.807, 2.05) is 16.9 Å². The Balaban J connectivity index is 2.59. The molecule has 0 aliphatic carbocycles. The highest BCUT2D eigenvalue weighted by Crippen LogP contribution is 2.16. The molecular formula is C10H18N4S. The van der Waals surface area contributed by atoms with Gasteiger partial charge in [0.15, 0.2) is 5.17 Å². The van der Waals surface area contributed by atoms with Crippen LogP contribution < -0.4 is 5.73 Å². The Hall–Kier alpha value is -0.970. The number of hydrogen-bond acceptors (Lipinski definition) is 3. The van der Waals surface area contributed by atoms with Crippen molar-refractivity contribution in [1.29, 1.82) is 5.41 Å². The minimum atomic E-state index is 0.145. The molecule has 3 N–H and O–H groups in total. The highest BCUT2D eigenvalue weighted by molar-refractivity contribution is 8.13. The standard InChI is InChI=1S/C10H18N4S/c1-3-9(4-2)14-6-5-8(13-14)7-15-10(11)12/h5-6,9H,3-4,7H2,1-2H3,(H3,11,12). The van der Waals surface area contributed by atoms with E-state index in [9.17, 15) is 0 Å². The number of nitrogens with one attached hydrogen (secondary N) is 1. The average Bonchev–Trinajstić information content (AvgIpc) is 2.65. The summed E-state index contributed by atoms with van der Waals surface area (Å²) < 4.78 is 2.01. The van der Waals surface area contributed by atoms with Gasteiger partial charge in [0, 0.05) is 11.9 Å². The molecule has 4 nitrogen and oxygen atoms in total. The molecule has 1 aromatic rings. The average molecular weight is 226 g/mol. The van der Waals surface area contributed by atoms with Gasteiger partial charge >= 0.3 is 0 Å². The lowest BCUT2D eigenvalue weighted by Gasteiger charge is -2.12. The van der Waals surface area contributed by atoms with Crippen molar-refractivity contribution in [2.45, 2.75) is 38.5 Å². The van der Waals surface area contributed by atoms with Gasteiger partial charge in [-0.1, -0.05) is 25.6 Å². The fourth-order valence-electron chi connectivity index (χ4n) is 1.47. The molecule has 1 rings (SSSR count). The van der Waals surface area contributed by atoms with Crippen LogP contribution in [0.4, 0.5) is 0 Å². The smallest absolute Gasteiger partial charge is 0.151 e. The molecule has 84 valence electrons. The zero-order valence-corrected chi connectivity index (χ0v) is 10.0. The summed E-state index contributed by atoms with van der Waals surface area (Å²) >= 11 is 1.31. The second kappa shape index (κ2) is 5.80. The first kappa shape index (κ1) is 12.1. The van der Waals surface area contributed by atoms with Gasteiger partial charge in [0.2, 0.25) is 0 Å². The molecule has 0 radical (unpaired) electrons. The first-order valence-corrected chi connectivity index (χ1v) is 6.16. The molecule has 0 amide bonds. The number of aromatic nitrogens is 2. The monoisotopic (exact) mass is 226 g/mol. The van der Waals surface area contributed by atoms with Crippen molar-refractivity contribution in [2.75, 3.05) is 0 Å². The molecule has 0 aliphatic heterocycles. The van der Waals surface area contributed by atoms with E-state index < -0.39 is 0 Å². The van der Waals surface area contributed by atoms with Crippen LogP contribution in [0.3, 0.4) is 0 Å². The number of hydrogen-bond donors (Lipinski definition) is 2. The van der Waals surface area contributed by atoms with Crippen molar-refractivity contribution in [1.82, 2.24) is 9.78 Å². The molecule has 1 heterocycles. The molecule has 0 unspecified atom stereocenters. The summed E-state index contributed by atoms with van der Waals surface area (Å²) in [5.41, 5.74) is 6.26.